The molecule has 0 heterocycles. The van der Waals surface area contributed by atoms with Gasteiger partial charge in [-0.3, -0.25) is 10.1 Å². The van der Waals surface area contributed by atoms with E-state index in [2.05, 4.69) is 41.7 Å². The zero-order chi connectivity index (χ0) is 35.6. The van der Waals surface area contributed by atoms with Crippen molar-refractivity contribution in [1.82, 2.24) is 16.0 Å². The highest BCUT2D eigenvalue weighted by atomic mass is 16.7. The minimum absolute atomic E-state index is 0.0184. The topological polar surface area (TPSA) is 209 Å². The van der Waals surface area contributed by atoms with E-state index in [1.54, 1.807) is 41.5 Å². The lowest BCUT2D eigenvalue weighted by Gasteiger charge is -2.24. The van der Waals surface area contributed by atoms with Crippen LogP contribution in [0.5, 0.6) is 0 Å². The van der Waals surface area contributed by atoms with Crippen LogP contribution in [0.2, 0.25) is 0 Å². The van der Waals surface area contributed by atoms with Gasteiger partial charge in [-0.2, -0.15) is 0 Å². The number of aliphatic hydroxyl groups excluding tert-OH is 1. The molecule has 16 nitrogen and oxygen atoms in total. The summed E-state index contributed by atoms with van der Waals surface area (Å²) in [5.41, 5.74) is -3.10. The number of aliphatic hydroxyl groups is 1. The van der Waals surface area contributed by atoms with E-state index >= 15 is 0 Å². The second-order valence-electron chi connectivity index (χ2n) is 13.8. The molecule has 0 saturated heterocycles. The molecule has 0 aliphatic heterocycles. The maximum Gasteiger partial charge on any atom is 0.508 e. The highest BCUT2D eigenvalue weighted by Crippen LogP contribution is 2.20. The molecule has 3 amide bonds. The summed E-state index contributed by atoms with van der Waals surface area (Å²) in [4.78, 5) is 64.3. The van der Waals surface area contributed by atoms with Gasteiger partial charge in [0.1, 0.15) is 29.8 Å². The van der Waals surface area contributed by atoms with Crippen LogP contribution in [0.3, 0.4) is 0 Å². The van der Waals surface area contributed by atoms with Gasteiger partial charge in [0, 0.05) is 13.0 Å². The number of hydrogen-bond acceptors (Lipinski definition) is 12. The molecule has 0 fully saturated rings. The number of amides is 3. The fourth-order valence-electron chi connectivity index (χ4n) is 3.04. The van der Waals surface area contributed by atoms with Gasteiger partial charge in [0.25, 0.3) is 0 Å². The van der Waals surface area contributed by atoms with E-state index in [9.17, 15) is 29.1 Å². The van der Waals surface area contributed by atoms with Gasteiger partial charge in [0.15, 0.2) is 0 Å². The molecule has 0 aromatic carbocycles. The third-order valence-corrected chi connectivity index (χ3v) is 5.31. The van der Waals surface area contributed by atoms with Crippen molar-refractivity contribution in [2.75, 3.05) is 46.1 Å². The van der Waals surface area contributed by atoms with Gasteiger partial charge in [-0.15, -0.1) is 4.99 Å². The number of nitrogens with one attached hydrogen (secondary N) is 3. The second kappa shape index (κ2) is 19.6. The van der Waals surface area contributed by atoms with Crippen molar-refractivity contribution in [3.63, 3.8) is 0 Å². The predicted molar refractivity (Wildman–Crippen MR) is 167 cm³/mol. The molecule has 0 bridgehead atoms. The van der Waals surface area contributed by atoms with E-state index in [-0.39, 0.29) is 44.2 Å². The van der Waals surface area contributed by atoms with Crippen LogP contribution in [0, 0.1) is 10.8 Å². The summed E-state index contributed by atoms with van der Waals surface area (Å²) in [7, 11) is 0. The number of guanidine groups is 1. The molecule has 0 aromatic rings. The molecule has 0 saturated carbocycles. The smallest absolute Gasteiger partial charge is 0.463 e. The molecule has 266 valence electrons. The van der Waals surface area contributed by atoms with Gasteiger partial charge in [-0.25, -0.2) is 19.2 Å². The second-order valence-corrected chi connectivity index (χ2v) is 13.8. The quantitative estimate of drug-likeness (QED) is 0.0682. The number of aliphatic imine (C=N–C) groups is 1. The van der Waals surface area contributed by atoms with E-state index in [0.717, 1.165) is 12.8 Å². The van der Waals surface area contributed by atoms with E-state index < -0.39 is 60.2 Å². The largest absolute Gasteiger partial charge is 0.508 e. The number of carbonyl (C=O) groups is 5. The number of rotatable bonds is 14. The molecule has 0 aliphatic carbocycles. The predicted octanol–water partition coefficient (Wildman–Crippen LogP) is 4.03. The zero-order valence-electron chi connectivity index (χ0n) is 29.0. The third kappa shape index (κ3) is 22.7. The van der Waals surface area contributed by atoms with Crippen molar-refractivity contribution in [2.24, 2.45) is 15.8 Å². The van der Waals surface area contributed by atoms with Crippen LogP contribution < -0.4 is 16.0 Å². The van der Waals surface area contributed by atoms with Gasteiger partial charge in [-0.05, 0) is 66.7 Å². The Labute approximate surface area is 271 Å². The summed E-state index contributed by atoms with van der Waals surface area (Å²) >= 11 is 0. The Morgan fingerprint density at radius 2 is 1.28 bits per heavy atom. The Kier molecular flexibility index (Phi) is 18.0. The van der Waals surface area contributed by atoms with Crippen LogP contribution in [0.1, 0.15) is 88.5 Å². The molecule has 1 unspecified atom stereocenters. The summed E-state index contributed by atoms with van der Waals surface area (Å²) < 4.78 is 30.4. The van der Waals surface area contributed by atoms with E-state index in [0.29, 0.717) is 6.54 Å². The maximum atomic E-state index is 12.6. The molecule has 0 aliphatic rings. The number of carbonyl (C=O) groups excluding carboxylic acids is 5. The third-order valence-electron chi connectivity index (χ3n) is 5.31. The number of ether oxygens (including phenoxy) is 6. The number of nitrogens with zero attached hydrogens (tertiary/aromatic N) is 1. The number of hydrogen-bond donors (Lipinski definition) is 4. The summed E-state index contributed by atoms with van der Waals surface area (Å²) in [6, 6.07) is 0. The summed E-state index contributed by atoms with van der Waals surface area (Å²) in [5.74, 6) is -1.20. The van der Waals surface area contributed by atoms with Gasteiger partial charge in [-0.1, -0.05) is 20.8 Å². The monoisotopic (exact) mass is 662 g/mol. The van der Waals surface area contributed by atoms with Crippen LogP contribution in [0.25, 0.3) is 0 Å². The minimum atomic E-state index is -1.62. The zero-order valence-corrected chi connectivity index (χ0v) is 29.0. The first-order valence-electron chi connectivity index (χ1n) is 15.1. The first-order valence-corrected chi connectivity index (χ1v) is 15.1. The van der Waals surface area contributed by atoms with Crippen LogP contribution >= 0.6 is 0 Å². The molecule has 46 heavy (non-hydrogen) atoms. The van der Waals surface area contributed by atoms with Crippen LogP contribution in [0.4, 0.5) is 19.2 Å². The van der Waals surface area contributed by atoms with E-state index in [1.165, 1.54) is 6.92 Å². The first kappa shape index (κ1) is 42.2. The van der Waals surface area contributed by atoms with Crippen molar-refractivity contribution in [2.45, 2.75) is 99.7 Å². The summed E-state index contributed by atoms with van der Waals surface area (Å²) in [6.07, 6.45) is -1.53. The highest BCUT2D eigenvalue weighted by Gasteiger charge is 2.36. The molecule has 16 heteroatoms. The Morgan fingerprint density at radius 1 is 0.674 bits per heavy atom. The Hall–Kier alpha value is -3.82. The van der Waals surface area contributed by atoms with Crippen molar-refractivity contribution >= 4 is 36.4 Å². The number of alkyl carbamates (subject to hydrolysis) is 2. The van der Waals surface area contributed by atoms with Crippen molar-refractivity contribution in [1.29, 1.82) is 0 Å². The van der Waals surface area contributed by atoms with Crippen molar-refractivity contribution in [3.05, 3.63) is 0 Å². The molecule has 0 rings (SSSR count). The average molecular weight is 663 g/mol. The first-order chi connectivity index (χ1) is 21.0. The average Bonchev–Trinajstić information content (AvgIpc) is 2.89. The fraction of sp³-hybridized carbons (Fsp3) is 0.800. The minimum Gasteiger partial charge on any atom is -0.463 e. The Balaban J connectivity index is 4.65. The fourth-order valence-corrected chi connectivity index (χ4v) is 3.04. The SMILES string of the molecule is CC(C)(C)CCCNC(=O)OCCCOC(=O)OCC(C)(CO)C(=O)OCCN/C(=N\C(=O)OC(C)(C)C)NC(=O)OC(C)(C)C. The van der Waals surface area contributed by atoms with Gasteiger partial charge >= 0.3 is 30.4 Å². The van der Waals surface area contributed by atoms with Crippen molar-refractivity contribution in [3.8, 4) is 0 Å². The number of esters is 1. The molecular weight excluding hydrogens is 608 g/mol. The molecular formula is C30H54N4O12. The van der Waals surface area contributed by atoms with E-state index in [1.807, 2.05) is 0 Å². The highest BCUT2D eigenvalue weighted by molar-refractivity contribution is 5.98. The molecule has 4 N–H and O–H groups in total. The molecule has 1 atom stereocenters. The van der Waals surface area contributed by atoms with Crippen LogP contribution in [0.15, 0.2) is 4.99 Å². The molecule has 0 radical (unpaired) electrons. The maximum absolute atomic E-state index is 12.6. The lowest BCUT2D eigenvalue weighted by molar-refractivity contribution is -0.160. The normalized spacial score (nSPS) is 13.4. The summed E-state index contributed by atoms with van der Waals surface area (Å²) in [6.45, 7) is 16.3. The lowest BCUT2D eigenvalue weighted by atomic mass is 9.91. The van der Waals surface area contributed by atoms with Crippen LogP contribution in [-0.4, -0.2) is 98.8 Å². The lowest BCUT2D eigenvalue weighted by Crippen LogP contribution is -2.45. The standard InChI is InChI=1S/C30H54N4O12/c1-27(2,3)13-11-14-32-23(37)42-16-12-17-43-26(40)44-20-30(10,19-35)21(36)41-18-15-31-22(33-24(38)45-28(4,5)6)34-25(39)46-29(7,8)9/h35H,11-20H2,1-10H3,(H,32,37)(H2,31,33,34,38,39). The Morgan fingerprint density at radius 3 is 1.85 bits per heavy atom. The summed E-state index contributed by atoms with van der Waals surface area (Å²) in [5, 5.41) is 17.4. The Bertz CT molecular complexity index is 1030. The van der Waals surface area contributed by atoms with Gasteiger partial charge in [0.2, 0.25) is 5.96 Å². The van der Waals surface area contributed by atoms with Gasteiger partial charge < -0.3 is 44.2 Å². The van der Waals surface area contributed by atoms with Crippen molar-refractivity contribution < 1.29 is 57.5 Å². The van der Waals surface area contributed by atoms with Gasteiger partial charge in [0.05, 0.1) is 26.4 Å². The molecule has 0 spiro atoms. The molecule has 0 aromatic heterocycles. The van der Waals surface area contributed by atoms with Crippen LogP contribution in [-0.2, 0) is 33.2 Å². The van der Waals surface area contributed by atoms with E-state index in [4.69, 9.17) is 28.4 Å².